The molecular formula is C15H23FN2O2S. The molecule has 0 spiro atoms. The molecule has 0 bridgehead atoms. The van der Waals surface area contributed by atoms with E-state index in [4.69, 9.17) is 0 Å². The van der Waals surface area contributed by atoms with Gasteiger partial charge in [0.25, 0.3) is 0 Å². The molecule has 0 saturated heterocycles. The van der Waals surface area contributed by atoms with Crippen molar-refractivity contribution in [3.05, 3.63) is 29.6 Å². The third kappa shape index (κ3) is 3.62. The van der Waals surface area contributed by atoms with Gasteiger partial charge in [-0.1, -0.05) is 6.92 Å². The minimum absolute atomic E-state index is 0.0164. The molecule has 4 nitrogen and oxygen atoms in total. The predicted molar refractivity (Wildman–Crippen MR) is 80.9 cm³/mol. The minimum Gasteiger partial charge on any atom is -0.313 e. The maximum Gasteiger partial charge on any atom is 0.243 e. The van der Waals surface area contributed by atoms with Crippen molar-refractivity contribution in [2.75, 3.05) is 13.6 Å². The summed E-state index contributed by atoms with van der Waals surface area (Å²) < 4.78 is 40.4. The summed E-state index contributed by atoms with van der Waals surface area (Å²) >= 11 is 0. The summed E-state index contributed by atoms with van der Waals surface area (Å²) in [7, 11) is -1.97. The zero-order valence-electron chi connectivity index (χ0n) is 12.8. The molecule has 1 unspecified atom stereocenters. The molecule has 0 heterocycles. The van der Waals surface area contributed by atoms with Crippen molar-refractivity contribution in [3.63, 3.8) is 0 Å². The van der Waals surface area contributed by atoms with Crippen LogP contribution >= 0.6 is 0 Å². The Morgan fingerprint density at radius 1 is 1.43 bits per heavy atom. The SMILES string of the molecule is CCNCc1cc(S(=O)(=O)N(C)C(C)C2CC2)ccc1F. The van der Waals surface area contributed by atoms with E-state index >= 15 is 0 Å². The van der Waals surface area contributed by atoms with E-state index < -0.39 is 10.0 Å². The monoisotopic (exact) mass is 314 g/mol. The lowest BCUT2D eigenvalue weighted by Crippen LogP contribution is -2.36. The summed E-state index contributed by atoms with van der Waals surface area (Å²) in [5.74, 6) is 0.0687. The van der Waals surface area contributed by atoms with Crippen LogP contribution in [0.2, 0.25) is 0 Å². The highest BCUT2D eigenvalue weighted by Crippen LogP contribution is 2.36. The second-order valence-electron chi connectivity index (χ2n) is 5.63. The Balaban J connectivity index is 2.26. The van der Waals surface area contributed by atoms with Crippen LogP contribution in [-0.2, 0) is 16.6 Å². The summed E-state index contributed by atoms with van der Waals surface area (Å²) in [6.45, 7) is 4.88. The fourth-order valence-electron chi connectivity index (χ4n) is 2.37. The summed E-state index contributed by atoms with van der Waals surface area (Å²) in [6.07, 6.45) is 2.16. The molecule has 0 radical (unpaired) electrons. The van der Waals surface area contributed by atoms with Crippen LogP contribution in [0.15, 0.2) is 23.1 Å². The number of sulfonamides is 1. The fourth-order valence-corrected chi connectivity index (χ4v) is 3.84. The molecule has 6 heteroatoms. The number of halogens is 1. The van der Waals surface area contributed by atoms with Crippen molar-refractivity contribution in [1.29, 1.82) is 0 Å². The Kier molecular flexibility index (Phi) is 5.01. The lowest BCUT2D eigenvalue weighted by Gasteiger charge is -2.24. The first-order valence-electron chi connectivity index (χ1n) is 7.35. The molecule has 0 aliphatic heterocycles. The molecule has 1 saturated carbocycles. The van der Waals surface area contributed by atoms with Gasteiger partial charge in [-0.2, -0.15) is 4.31 Å². The van der Waals surface area contributed by atoms with E-state index in [-0.39, 0.29) is 16.8 Å². The first-order valence-corrected chi connectivity index (χ1v) is 8.79. The Morgan fingerprint density at radius 3 is 2.67 bits per heavy atom. The van der Waals surface area contributed by atoms with Gasteiger partial charge < -0.3 is 5.32 Å². The number of benzene rings is 1. The van der Waals surface area contributed by atoms with E-state index in [9.17, 15) is 12.8 Å². The third-order valence-electron chi connectivity index (χ3n) is 4.14. The molecule has 1 fully saturated rings. The zero-order chi connectivity index (χ0) is 15.6. The molecule has 2 rings (SSSR count). The van der Waals surface area contributed by atoms with Crippen LogP contribution in [-0.4, -0.2) is 32.4 Å². The van der Waals surface area contributed by atoms with Gasteiger partial charge >= 0.3 is 0 Å². The Bertz CT molecular complexity index is 600. The zero-order valence-corrected chi connectivity index (χ0v) is 13.6. The molecule has 1 N–H and O–H groups in total. The van der Waals surface area contributed by atoms with Gasteiger partial charge in [-0.3, -0.25) is 0 Å². The molecule has 1 aliphatic carbocycles. The van der Waals surface area contributed by atoms with Crippen molar-refractivity contribution in [2.24, 2.45) is 5.92 Å². The van der Waals surface area contributed by atoms with Gasteiger partial charge in [0.2, 0.25) is 10.0 Å². The Labute approximate surface area is 126 Å². The summed E-state index contributed by atoms with van der Waals surface area (Å²) in [5.41, 5.74) is 0.380. The van der Waals surface area contributed by atoms with Crippen LogP contribution < -0.4 is 5.32 Å². The van der Waals surface area contributed by atoms with Crippen molar-refractivity contribution >= 4 is 10.0 Å². The average Bonchev–Trinajstić information content (AvgIpc) is 3.29. The first-order chi connectivity index (χ1) is 9.87. The van der Waals surface area contributed by atoms with Gasteiger partial charge in [-0.05, 0) is 50.4 Å². The highest BCUT2D eigenvalue weighted by Gasteiger charge is 2.36. The highest BCUT2D eigenvalue weighted by molar-refractivity contribution is 7.89. The number of hydrogen-bond donors (Lipinski definition) is 1. The van der Waals surface area contributed by atoms with Crippen LogP contribution in [0.1, 0.15) is 32.3 Å². The molecule has 118 valence electrons. The molecule has 0 aromatic heterocycles. The summed E-state index contributed by atoms with van der Waals surface area (Å²) in [6, 6.07) is 3.99. The van der Waals surface area contributed by atoms with Gasteiger partial charge in [-0.15, -0.1) is 0 Å². The van der Waals surface area contributed by atoms with Crippen LogP contribution in [0, 0.1) is 11.7 Å². The lowest BCUT2D eigenvalue weighted by atomic mass is 10.2. The molecule has 1 aliphatic rings. The lowest BCUT2D eigenvalue weighted by molar-refractivity contribution is 0.357. The van der Waals surface area contributed by atoms with Crippen molar-refractivity contribution in [2.45, 2.75) is 44.2 Å². The number of hydrogen-bond acceptors (Lipinski definition) is 3. The molecule has 1 atom stereocenters. The van der Waals surface area contributed by atoms with E-state index in [0.29, 0.717) is 24.6 Å². The number of nitrogens with one attached hydrogen (secondary N) is 1. The molecular weight excluding hydrogens is 291 g/mol. The molecule has 1 aromatic carbocycles. The van der Waals surface area contributed by atoms with Crippen LogP contribution in [0.3, 0.4) is 0 Å². The maximum atomic E-state index is 13.7. The fraction of sp³-hybridized carbons (Fsp3) is 0.600. The number of nitrogens with zero attached hydrogens (tertiary/aromatic N) is 1. The summed E-state index contributed by atoms with van der Waals surface area (Å²) in [5, 5.41) is 3.02. The maximum absolute atomic E-state index is 13.7. The topological polar surface area (TPSA) is 49.4 Å². The normalized spacial score (nSPS) is 17.2. The number of rotatable bonds is 7. The van der Waals surface area contributed by atoms with Gasteiger partial charge in [0, 0.05) is 25.2 Å². The van der Waals surface area contributed by atoms with Gasteiger partial charge in [-0.25, -0.2) is 12.8 Å². The molecule has 1 aromatic rings. The average molecular weight is 314 g/mol. The summed E-state index contributed by atoms with van der Waals surface area (Å²) in [4.78, 5) is 0.159. The Morgan fingerprint density at radius 2 is 2.10 bits per heavy atom. The largest absolute Gasteiger partial charge is 0.313 e. The molecule has 0 amide bonds. The van der Waals surface area contributed by atoms with E-state index in [0.717, 1.165) is 12.8 Å². The van der Waals surface area contributed by atoms with Crippen molar-refractivity contribution in [3.8, 4) is 0 Å². The molecule has 21 heavy (non-hydrogen) atoms. The van der Waals surface area contributed by atoms with Gasteiger partial charge in [0.15, 0.2) is 0 Å². The quantitative estimate of drug-likeness (QED) is 0.840. The second kappa shape index (κ2) is 6.42. The van der Waals surface area contributed by atoms with E-state index in [1.807, 2.05) is 13.8 Å². The van der Waals surface area contributed by atoms with Crippen LogP contribution in [0.5, 0.6) is 0 Å². The van der Waals surface area contributed by atoms with Gasteiger partial charge in [0.05, 0.1) is 4.90 Å². The van der Waals surface area contributed by atoms with E-state index in [2.05, 4.69) is 5.32 Å². The standard InChI is InChI=1S/C15H23FN2O2S/c1-4-17-10-13-9-14(7-8-15(13)16)21(19,20)18(3)11(2)12-5-6-12/h7-9,11-12,17H,4-6,10H2,1-3H3. The van der Waals surface area contributed by atoms with Crippen LogP contribution in [0.25, 0.3) is 0 Å². The van der Waals surface area contributed by atoms with Crippen LogP contribution in [0.4, 0.5) is 4.39 Å². The first kappa shape index (κ1) is 16.4. The third-order valence-corrected chi connectivity index (χ3v) is 6.08. The predicted octanol–water partition coefficient (Wildman–Crippen LogP) is 2.35. The second-order valence-corrected chi connectivity index (χ2v) is 7.63. The van der Waals surface area contributed by atoms with E-state index in [1.54, 1.807) is 7.05 Å². The van der Waals surface area contributed by atoms with Crippen molar-refractivity contribution in [1.82, 2.24) is 9.62 Å². The van der Waals surface area contributed by atoms with E-state index in [1.165, 1.54) is 22.5 Å². The highest BCUT2D eigenvalue weighted by atomic mass is 32.2. The minimum atomic E-state index is -3.57. The van der Waals surface area contributed by atoms with Gasteiger partial charge in [0.1, 0.15) is 5.82 Å². The Hall–Kier alpha value is -0.980. The smallest absolute Gasteiger partial charge is 0.243 e. The van der Waals surface area contributed by atoms with Crippen molar-refractivity contribution < 1.29 is 12.8 Å².